The number of nitrogens with one attached hydrogen (secondary N) is 1. The van der Waals surface area contributed by atoms with Gasteiger partial charge >= 0.3 is 0 Å². The zero-order valence-electron chi connectivity index (χ0n) is 11.6. The molecule has 1 aliphatic heterocycles. The van der Waals surface area contributed by atoms with Crippen molar-refractivity contribution in [1.82, 2.24) is 15.1 Å². The molecule has 1 fully saturated rings. The first kappa shape index (κ1) is 14.0. The van der Waals surface area contributed by atoms with Crippen LogP contribution in [0.25, 0.3) is 0 Å². The Morgan fingerprint density at radius 3 is 2.89 bits per heavy atom. The minimum Gasteiger partial charge on any atom is -0.394 e. The molecule has 1 aromatic heterocycles. The fourth-order valence-electron chi connectivity index (χ4n) is 2.36. The van der Waals surface area contributed by atoms with Gasteiger partial charge in [0.05, 0.1) is 37.5 Å². The van der Waals surface area contributed by atoms with Crippen LogP contribution >= 0.6 is 0 Å². The quantitative estimate of drug-likeness (QED) is 0.818. The fraction of sp³-hybridized carbons (Fsp3) is 0.692. The van der Waals surface area contributed by atoms with E-state index in [0.29, 0.717) is 19.6 Å². The van der Waals surface area contributed by atoms with Gasteiger partial charge in [0.25, 0.3) is 0 Å². The SMILES string of the molecule is Cc1n[nH]c(C)c1CC(=O)N1CC(CO)OCC1C. The number of rotatable bonds is 3. The molecule has 2 N–H and O–H groups in total. The Labute approximate surface area is 112 Å². The monoisotopic (exact) mass is 267 g/mol. The molecule has 1 aromatic rings. The summed E-state index contributed by atoms with van der Waals surface area (Å²) in [6.07, 6.45) is 0.0723. The number of aliphatic hydroxyl groups excluding tert-OH is 1. The van der Waals surface area contributed by atoms with Crippen LogP contribution < -0.4 is 0 Å². The maximum atomic E-state index is 12.4. The van der Waals surface area contributed by atoms with Gasteiger partial charge in [0.15, 0.2) is 0 Å². The molecule has 2 heterocycles. The average molecular weight is 267 g/mol. The summed E-state index contributed by atoms with van der Waals surface area (Å²) in [5, 5.41) is 16.1. The highest BCUT2D eigenvalue weighted by atomic mass is 16.5. The highest BCUT2D eigenvalue weighted by molar-refractivity contribution is 5.79. The molecule has 2 atom stereocenters. The van der Waals surface area contributed by atoms with E-state index in [9.17, 15) is 4.79 Å². The largest absolute Gasteiger partial charge is 0.394 e. The Kier molecular flexibility index (Phi) is 4.21. The lowest BCUT2D eigenvalue weighted by Crippen LogP contribution is -2.52. The summed E-state index contributed by atoms with van der Waals surface area (Å²) in [5.74, 6) is 0.0573. The Morgan fingerprint density at radius 2 is 2.32 bits per heavy atom. The number of amides is 1. The van der Waals surface area contributed by atoms with Gasteiger partial charge in [-0.05, 0) is 20.8 Å². The highest BCUT2D eigenvalue weighted by Crippen LogP contribution is 2.16. The number of carbonyl (C=O) groups excluding carboxylic acids is 1. The van der Waals surface area contributed by atoms with Gasteiger partial charge in [0.1, 0.15) is 0 Å². The van der Waals surface area contributed by atoms with Crippen molar-refractivity contribution in [2.24, 2.45) is 0 Å². The fourth-order valence-corrected chi connectivity index (χ4v) is 2.36. The number of aryl methyl sites for hydroxylation is 2. The number of nitrogens with zero attached hydrogens (tertiary/aromatic N) is 2. The predicted molar refractivity (Wildman–Crippen MR) is 69.8 cm³/mol. The molecular weight excluding hydrogens is 246 g/mol. The molecule has 106 valence electrons. The average Bonchev–Trinajstić information content (AvgIpc) is 2.71. The maximum absolute atomic E-state index is 12.4. The predicted octanol–water partition coefficient (Wildman–Crippen LogP) is 0.177. The summed E-state index contributed by atoms with van der Waals surface area (Å²) >= 11 is 0. The van der Waals surface area contributed by atoms with E-state index < -0.39 is 0 Å². The van der Waals surface area contributed by atoms with Crippen molar-refractivity contribution in [1.29, 1.82) is 0 Å². The summed E-state index contributed by atoms with van der Waals surface area (Å²) in [7, 11) is 0. The normalized spacial score (nSPS) is 23.7. The third-order valence-electron chi connectivity index (χ3n) is 3.64. The van der Waals surface area contributed by atoms with Crippen LogP contribution in [0.4, 0.5) is 0 Å². The standard InChI is InChI=1S/C13H21N3O3/c1-8-7-19-11(6-17)5-16(8)13(18)4-12-9(2)14-15-10(12)3/h8,11,17H,4-7H2,1-3H3,(H,14,15). The molecular formula is C13H21N3O3. The summed E-state index contributed by atoms with van der Waals surface area (Å²) < 4.78 is 5.44. The molecule has 1 saturated heterocycles. The molecule has 0 radical (unpaired) electrons. The molecule has 0 spiro atoms. The number of aliphatic hydroxyl groups is 1. The Bertz CT molecular complexity index is 438. The molecule has 0 aromatic carbocycles. The molecule has 0 saturated carbocycles. The third-order valence-corrected chi connectivity index (χ3v) is 3.64. The Morgan fingerprint density at radius 1 is 1.58 bits per heavy atom. The summed E-state index contributed by atoms with van der Waals surface area (Å²) in [6, 6.07) is 0.0443. The van der Waals surface area contributed by atoms with E-state index in [1.807, 2.05) is 20.8 Å². The van der Waals surface area contributed by atoms with Gasteiger partial charge in [-0.3, -0.25) is 9.89 Å². The van der Waals surface area contributed by atoms with E-state index >= 15 is 0 Å². The smallest absolute Gasteiger partial charge is 0.227 e. The van der Waals surface area contributed by atoms with Crippen molar-refractivity contribution < 1.29 is 14.6 Å². The lowest BCUT2D eigenvalue weighted by molar-refractivity contribution is -0.145. The van der Waals surface area contributed by atoms with Crippen LogP contribution in [0.3, 0.4) is 0 Å². The first-order valence-corrected chi connectivity index (χ1v) is 6.55. The number of aromatic amines is 1. The van der Waals surface area contributed by atoms with E-state index in [0.717, 1.165) is 17.0 Å². The molecule has 2 rings (SSSR count). The van der Waals surface area contributed by atoms with Gasteiger partial charge in [0, 0.05) is 17.8 Å². The highest BCUT2D eigenvalue weighted by Gasteiger charge is 2.29. The molecule has 0 aliphatic carbocycles. The van der Waals surface area contributed by atoms with Crippen LogP contribution in [0.2, 0.25) is 0 Å². The summed E-state index contributed by atoms with van der Waals surface area (Å²) in [6.45, 7) is 6.64. The minimum atomic E-state index is -0.272. The number of hydrogen-bond donors (Lipinski definition) is 2. The molecule has 6 heteroatoms. The summed E-state index contributed by atoms with van der Waals surface area (Å²) in [4.78, 5) is 14.2. The van der Waals surface area contributed by atoms with Gasteiger partial charge in [-0.15, -0.1) is 0 Å². The van der Waals surface area contributed by atoms with E-state index in [1.54, 1.807) is 4.90 Å². The van der Waals surface area contributed by atoms with Crippen LogP contribution in [0.5, 0.6) is 0 Å². The van der Waals surface area contributed by atoms with E-state index in [-0.39, 0.29) is 24.7 Å². The second kappa shape index (κ2) is 5.71. The van der Waals surface area contributed by atoms with Crippen molar-refractivity contribution in [3.05, 3.63) is 17.0 Å². The first-order valence-electron chi connectivity index (χ1n) is 6.55. The van der Waals surface area contributed by atoms with Crippen molar-refractivity contribution in [3.8, 4) is 0 Å². The maximum Gasteiger partial charge on any atom is 0.227 e. The van der Waals surface area contributed by atoms with Crippen LogP contribution in [0.1, 0.15) is 23.9 Å². The second-order valence-corrected chi connectivity index (χ2v) is 5.12. The number of ether oxygens (including phenoxy) is 1. The zero-order valence-corrected chi connectivity index (χ0v) is 11.6. The van der Waals surface area contributed by atoms with Gasteiger partial charge < -0.3 is 14.7 Å². The third kappa shape index (κ3) is 2.96. The van der Waals surface area contributed by atoms with Gasteiger partial charge in [-0.25, -0.2) is 0 Å². The molecule has 6 nitrogen and oxygen atoms in total. The van der Waals surface area contributed by atoms with Gasteiger partial charge in [-0.1, -0.05) is 0 Å². The molecule has 2 unspecified atom stereocenters. The number of carbonyl (C=O) groups is 1. The zero-order chi connectivity index (χ0) is 14.0. The van der Waals surface area contributed by atoms with Crippen molar-refractivity contribution >= 4 is 5.91 Å². The lowest BCUT2D eigenvalue weighted by atomic mass is 10.1. The summed E-state index contributed by atoms with van der Waals surface area (Å²) in [5.41, 5.74) is 2.76. The van der Waals surface area contributed by atoms with Crippen LogP contribution in [-0.2, 0) is 16.0 Å². The number of H-pyrrole nitrogens is 1. The Hall–Kier alpha value is -1.40. The molecule has 1 amide bonds. The molecule has 19 heavy (non-hydrogen) atoms. The van der Waals surface area contributed by atoms with Crippen LogP contribution in [0, 0.1) is 13.8 Å². The van der Waals surface area contributed by atoms with Gasteiger partial charge in [0.2, 0.25) is 5.91 Å². The Balaban J connectivity index is 2.06. The van der Waals surface area contributed by atoms with Crippen molar-refractivity contribution in [2.45, 2.75) is 39.3 Å². The lowest BCUT2D eigenvalue weighted by Gasteiger charge is -2.37. The molecule has 0 bridgehead atoms. The number of aromatic nitrogens is 2. The van der Waals surface area contributed by atoms with Crippen LogP contribution in [0.15, 0.2) is 0 Å². The molecule has 1 aliphatic rings. The first-order chi connectivity index (χ1) is 9.02. The number of morpholine rings is 1. The topological polar surface area (TPSA) is 78.5 Å². The van der Waals surface area contributed by atoms with E-state index in [2.05, 4.69) is 10.2 Å². The second-order valence-electron chi connectivity index (χ2n) is 5.12. The minimum absolute atomic E-state index is 0.0443. The van der Waals surface area contributed by atoms with Crippen LogP contribution in [-0.4, -0.2) is 58.0 Å². The van der Waals surface area contributed by atoms with E-state index in [4.69, 9.17) is 9.84 Å². The van der Waals surface area contributed by atoms with Crippen molar-refractivity contribution in [3.63, 3.8) is 0 Å². The number of hydrogen-bond acceptors (Lipinski definition) is 4. The van der Waals surface area contributed by atoms with Gasteiger partial charge in [-0.2, -0.15) is 5.10 Å². The van der Waals surface area contributed by atoms with Crippen molar-refractivity contribution in [2.75, 3.05) is 19.8 Å². The van der Waals surface area contributed by atoms with E-state index in [1.165, 1.54) is 0 Å².